The Morgan fingerprint density at radius 2 is 1.64 bits per heavy atom. The summed E-state index contributed by atoms with van der Waals surface area (Å²) in [5.74, 6) is 0.816. The second kappa shape index (κ2) is 9.93. The summed E-state index contributed by atoms with van der Waals surface area (Å²) < 4.78 is 44.2. The average molecular weight is 496 g/mol. The first kappa shape index (κ1) is 24.3. The van der Waals surface area contributed by atoms with Gasteiger partial charge >= 0.3 is 6.18 Å². The van der Waals surface area contributed by atoms with Gasteiger partial charge in [-0.3, -0.25) is 14.7 Å². The van der Waals surface area contributed by atoms with Gasteiger partial charge in [-0.2, -0.15) is 13.2 Å². The number of ether oxygens (including phenoxy) is 1. The van der Waals surface area contributed by atoms with Crippen LogP contribution in [0, 0.1) is 6.92 Å². The van der Waals surface area contributed by atoms with Crippen LogP contribution >= 0.6 is 0 Å². The smallest absolute Gasteiger partial charge is 0.416 e. The van der Waals surface area contributed by atoms with Gasteiger partial charge in [-0.05, 0) is 73.9 Å². The molecule has 0 N–H and O–H groups in total. The van der Waals surface area contributed by atoms with Crippen LogP contribution in [-0.2, 0) is 12.7 Å². The first-order valence-corrected chi connectivity index (χ1v) is 12.2. The lowest BCUT2D eigenvalue weighted by atomic mass is 10.1. The van der Waals surface area contributed by atoms with Crippen LogP contribution in [0.5, 0.6) is 5.75 Å². The number of halogens is 3. The minimum Gasteiger partial charge on any atom is -0.488 e. The number of pyridine rings is 1. The standard InChI is InChI=1S/C28H28F3N3O2/c1-19-25(27(35)34-14-2-3-15-34)12-13-26(32-19)21-6-10-23(11-7-21)36-24-17-33(18-24)16-20-4-8-22(9-5-20)28(29,30)31/h4-13,24H,2-3,14-18H2,1H3. The molecule has 0 atom stereocenters. The van der Waals surface area contributed by atoms with E-state index in [2.05, 4.69) is 9.88 Å². The average Bonchev–Trinajstić information content (AvgIpc) is 3.37. The zero-order valence-electron chi connectivity index (χ0n) is 20.1. The molecule has 2 saturated heterocycles. The molecular formula is C28H28F3N3O2. The third kappa shape index (κ3) is 5.38. The SMILES string of the molecule is Cc1nc(-c2ccc(OC3CN(Cc4ccc(C(F)(F)F)cc4)C3)cc2)ccc1C(=O)N1CCCC1. The highest BCUT2D eigenvalue weighted by molar-refractivity contribution is 5.95. The van der Waals surface area contributed by atoms with Crippen molar-refractivity contribution in [2.24, 2.45) is 0 Å². The zero-order valence-corrected chi connectivity index (χ0v) is 20.1. The van der Waals surface area contributed by atoms with Crippen molar-refractivity contribution in [2.75, 3.05) is 26.2 Å². The lowest BCUT2D eigenvalue weighted by Crippen LogP contribution is -2.53. The fourth-order valence-corrected chi connectivity index (χ4v) is 4.72. The Bertz CT molecular complexity index is 1210. The molecule has 1 amide bonds. The second-order valence-electron chi connectivity index (χ2n) is 9.48. The van der Waals surface area contributed by atoms with Crippen molar-refractivity contribution in [3.05, 3.63) is 83.0 Å². The van der Waals surface area contributed by atoms with Crippen LogP contribution < -0.4 is 4.74 Å². The van der Waals surface area contributed by atoms with Gasteiger partial charge in [0.2, 0.25) is 0 Å². The van der Waals surface area contributed by atoms with Gasteiger partial charge < -0.3 is 9.64 Å². The Balaban J connectivity index is 1.13. The van der Waals surface area contributed by atoms with Crippen molar-refractivity contribution >= 4 is 5.91 Å². The molecule has 0 unspecified atom stereocenters. The number of rotatable bonds is 6. The molecule has 0 radical (unpaired) electrons. The maximum atomic E-state index is 12.7. The van der Waals surface area contributed by atoms with E-state index >= 15 is 0 Å². The van der Waals surface area contributed by atoms with E-state index in [4.69, 9.17) is 4.74 Å². The molecule has 2 aliphatic heterocycles. The van der Waals surface area contributed by atoms with Crippen LogP contribution in [0.2, 0.25) is 0 Å². The number of carbonyl (C=O) groups excluding carboxylic acids is 1. The van der Waals surface area contributed by atoms with Crippen LogP contribution in [0.4, 0.5) is 13.2 Å². The van der Waals surface area contributed by atoms with Crippen LogP contribution in [0.3, 0.4) is 0 Å². The Kier molecular flexibility index (Phi) is 6.71. The highest BCUT2D eigenvalue weighted by Crippen LogP contribution is 2.30. The van der Waals surface area contributed by atoms with Crippen molar-refractivity contribution in [1.82, 2.24) is 14.8 Å². The predicted molar refractivity (Wildman–Crippen MR) is 131 cm³/mol. The predicted octanol–water partition coefficient (Wildman–Crippen LogP) is 5.58. The first-order chi connectivity index (χ1) is 17.3. The fourth-order valence-electron chi connectivity index (χ4n) is 4.72. The highest BCUT2D eigenvalue weighted by Gasteiger charge is 2.31. The Hall–Kier alpha value is -3.39. The van der Waals surface area contributed by atoms with E-state index < -0.39 is 11.7 Å². The largest absolute Gasteiger partial charge is 0.488 e. The summed E-state index contributed by atoms with van der Waals surface area (Å²) in [5, 5.41) is 0. The highest BCUT2D eigenvalue weighted by atomic mass is 19.4. The van der Waals surface area contributed by atoms with Crippen molar-refractivity contribution in [1.29, 1.82) is 0 Å². The van der Waals surface area contributed by atoms with Crippen molar-refractivity contribution < 1.29 is 22.7 Å². The van der Waals surface area contributed by atoms with Crippen molar-refractivity contribution in [3.63, 3.8) is 0 Å². The molecule has 3 aromatic rings. The molecule has 0 aliphatic carbocycles. The Morgan fingerprint density at radius 3 is 2.25 bits per heavy atom. The van der Waals surface area contributed by atoms with E-state index in [1.165, 1.54) is 12.1 Å². The van der Waals surface area contributed by atoms with Gasteiger partial charge in [-0.1, -0.05) is 12.1 Å². The van der Waals surface area contributed by atoms with Crippen molar-refractivity contribution in [3.8, 4) is 17.0 Å². The summed E-state index contributed by atoms with van der Waals surface area (Å²) in [6, 6.07) is 16.8. The summed E-state index contributed by atoms with van der Waals surface area (Å²) in [6.45, 7) is 5.53. The third-order valence-corrected chi connectivity index (χ3v) is 6.77. The molecular weight excluding hydrogens is 467 g/mol. The Labute approximate surface area is 208 Å². The topological polar surface area (TPSA) is 45.7 Å². The van der Waals surface area contributed by atoms with Gasteiger partial charge in [-0.25, -0.2) is 0 Å². The molecule has 0 spiro atoms. The van der Waals surface area contributed by atoms with Crippen LogP contribution in [-0.4, -0.2) is 53.0 Å². The number of aryl methyl sites for hydroxylation is 1. The van der Waals surface area contributed by atoms with E-state index in [0.717, 1.165) is 79.4 Å². The van der Waals surface area contributed by atoms with Crippen LogP contribution in [0.15, 0.2) is 60.7 Å². The van der Waals surface area contributed by atoms with E-state index in [9.17, 15) is 18.0 Å². The molecule has 0 bridgehead atoms. The van der Waals surface area contributed by atoms with Crippen LogP contribution in [0.25, 0.3) is 11.3 Å². The summed E-state index contributed by atoms with van der Waals surface area (Å²) >= 11 is 0. The number of benzene rings is 2. The number of likely N-dealkylation sites (tertiary alicyclic amines) is 2. The molecule has 188 valence electrons. The zero-order chi connectivity index (χ0) is 25.3. The first-order valence-electron chi connectivity index (χ1n) is 12.2. The number of nitrogens with zero attached hydrogens (tertiary/aromatic N) is 3. The lowest BCUT2D eigenvalue weighted by Gasteiger charge is -2.39. The summed E-state index contributed by atoms with van der Waals surface area (Å²) in [5.41, 5.74) is 3.36. The maximum Gasteiger partial charge on any atom is 0.416 e. The number of aromatic nitrogens is 1. The molecule has 3 heterocycles. The van der Waals surface area contributed by atoms with E-state index in [1.807, 2.05) is 48.2 Å². The fraction of sp³-hybridized carbons (Fsp3) is 0.357. The Morgan fingerprint density at radius 1 is 0.972 bits per heavy atom. The molecule has 2 fully saturated rings. The second-order valence-corrected chi connectivity index (χ2v) is 9.48. The summed E-state index contributed by atoms with van der Waals surface area (Å²) in [6.07, 6.45) is -2.15. The molecule has 5 rings (SSSR count). The van der Waals surface area contributed by atoms with Crippen molar-refractivity contribution in [2.45, 2.75) is 38.6 Å². The normalized spacial score (nSPS) is 16.7. The number of alkyl halides is 3. The number of hydrogen-bond donors (Lipinski definition) is 0. The molecule has 1 aromatic heterocycles. The molecule has 2 aliphatic rings. The molecule has 5 nitrogen and oxygen atoms in total. The third-order valence-electron chi connectivity index (χ3n) is 6.77. The van der Waals surface area contributed by atoms with E-state index in [1.54, 1.807) is 0 Å². The number of hydrogen-bond acceptors (Lipinski definition) is 4. The van der Waals surface area contributed by atoms with Gasteiger partial charge in [0.25, 0.3) is 5.91 Å². The quantitative estimate of drug-likeness (QED) is 0.448. The van der Waals surface area contributed by atoms with Gasteiger partial charge in [0.1, 0.15) is 11.9 Å². The minimum atomic E-state index is -4.31. The minimum absolute atomic E-state index is 0.0431. The number of carbonyl (C=O) groups is 1. The van der Waals surface area contributed by atoms with E-state index in [-0.39, 0.29) is 12.0 Å². The van der Waals surface area contributed by atoms with Gasteiger partial charge in [0.15, 0.2) is 0 Å². The lowest BCUT2D eigenvalue weighted by molar-refractivity contribution is -0.137. The van der Waals surface area contributed by atoms with Gasteiger partial charge in [-0.15, -0.1) is 0 Å². The summed E-state index contributed by atoms with van der Waals surface area (Å²) in [7, 11) is 0. The van der Waals surface area contributed by atoms with Gasteiger partial charge in [0, 0.05) is 38.3 Å². The van der Waals surface area contributed by atoms with Crippen LogP contribution in [0.1, 0.15) is 40.0 Å². The molecule has 8 heteroatoms. The molecule has 0 saturated carbocycles. The summed E-state index contributed by atoms with van der Waals surface area (Å²) in [4.78, 5) is 21.4. The molecule has 2 aromatic carbocycles. The van der Waals surface area contributed by atoms with E-state index in [0.29, 0.717) is 12.1 Å². The number of amides is 1. The molecule has 36 heavy (non-hydrogen) atoms. The monoisotopic (exact) mass is 495 g/mol. The maximum absolute atomic E-state index is 12.7. The van der Waals surface area contributed by atoms with Gasteiger partial charge in [0.05, 0.1) is 22.5 Å².